The molecule has 0 spiro atoms. The first kappa shape index (κ1) is 25.2. The van der Waals surface area contributed by atoms with Gasteiger partial charge in [0.05, 0.1) is 22.9 Å². The summed E-state index contributed by atoms with van der Waals surface area (Å²) in [7, 11) is 0. The van der Waals surface area contributed by atoms with Crippen LogP contribution in [0.4, 0.5) is 11.4 Å². The molecule has 1 aromatic carbocycles. The number of aromatic nitrogens is 2. The number of nitrogens with zero attached hydrogens (tertiary/aromatic N) is 5. The molecule has 0 radical (unpaired) electrons. The Bertz CT molecular complexity index is 1300. The van der Waals surface area contributed by atoms with Gasteiger partial charge in [0.25, 0.3) is 17.5 Å². The van der Waals surface area contributed by atoms with Gasteiger partial charge in [-0.2, -0.15) is 0 Å². The van der Waals surface area contributed by atoms with Gasteiger partial charge in [-0.15, -0.1) is 0 Å². The summed E-state index contributed by atoms with van der Waals surface area (Å²) in [4.78, 5) is 59.6. The van der Waals surface area contributed by atoms with E-state index in [-0.39, 0.29) is 23.6 Å². The highest BCUT2D eigenvalue weighted by Crippen LogP contribution is 2.30. The lowest BCUT2D eigenvalue weighted by atomic mass is 10.0. The summed E-state index contributed by atoms with van der Waals surface area (Å²) in [6, 6.07) is 9.93. The molecule has 0 aliphatic carbocycles. The number of carboxylic acid groups (broad SMARTS) is 1. The van der Waals surface area contributed by atoms with Gasteiger partial charge in [0.1, 0.15) is 5.69 Å². The van der Waals surface area contributed by atoms with E-state index in [0.717, 1.165) is 0 Å². The molecule has 12 heteroatoms. The zero-order valence-electron chi connectivity index (χ0n) is 19.7. The molecule has 1 aliphatic rings. The molecule has 2 amide bonds. The van der Waals surface area contributed by atoms with E-state index in [0.29, 0.717) is 43.0 Å². The van der Waals surface area contributed by atoms with Crippen molar-refractivity contribution in [3.63, 3.8) is 0 Å². The zero-order chi connectivity index (χ0) is 26.4. The summed E-state index contributed by atoms with van der Waals surface area (Å²) in [5.74, 6) is -1.91. The van der Waals surface area contributed by atoms with Gasteiger partial charge in [-0.3, -0.25) is 34.5 Å². The van der Waals surface area contributed by atoms with Gasteiger partial charge >= 0.3 is 5.97 Å². The molecule has 1 aliphatic heterocycles. The maximum Gasteiger partial charge on any atom is 0.305 e. The monoisotopic (exact) mass is 504 g/mol. The van der Waals surface area contributed by atoms with Crippen molar-refractivity contribution in [2.75, 3.05) is 31.1 Å². The fraction of sp³-hybridized carbons (Fsp3) is 0.240. The molecular weight excluding hydrogens is 480 g/mol. The second kappa shape index (κ2) is 11.2. The molecular formula is C25H24N6O6. The van der Waals surface area contributed by atoms with Crippen LogP contribution in [0.25, 0.3) is 0 Å². The Kier molecular flexibility index (Phi) is 7.67. The lowest BCUT2D eigenvalue weighted by Gasteiger charge is -2.35. The van der Waals surface area contributed by atoms with Crippen LogP contribution in [0.2, 0.25) is 0 Å². The number of piperazine rings is 1. The Morgan fingerprint density at radius 3 is 2.30 bits per heavy atom. The highest BCUT2D eigenvalue weighted by Gasteiger charge is 2.28. The Morgan fingerprint density at radius 1 is 1.00 bits per heavy atom. The Hall–Kier alpha value is -4.87. The van der Waals surface area contributed by atoms with Crippen molar-refractivity contribution < 1.29 is 24.4 Å². The molecule has 1 atom stereocenters. The molecule has 4 rings (SSSR count). The van der Waals surface area contributed by atoms with Gasteiger partial charge in [-0.1, -0.05) is 6.07 Å². The predicted octanol–water partition coefficient (Wildman–Crippen LogP) is 2.29. The van der Waals surface area contributed by atoms with E-state index in [1.54, 1.807) is 40.3 Å². The Morgan fingerprint density at radius 2 is 1.70 bits per heavy atom. The number of carbonyl (C=O) groups is 3. The summed E-state index contributed by atoms with van der Waals surface area (Å²) in [5, 5.41) is 23.8. The number of amides is 2. The first-order valence-corrected chi connectivity index (χ1v) is 11.5. The molecule has 0 saturated carbocycles. The van der Waals surface area contributed by atoms with Crippen molar-refractivity contribution in [3.05, 3.63) is 94.1 Å². The molecule has 2 aromatic heterocycles. The number of hydrogen-bond donors (Lipinski definition) is 2. The maximum atomic E-state index is 12.9. The summed E-state index contributed by atoms with van der Waals surface area (Å²) in [5.41, 5.74) is 1.09. The van der Waals surface area contributed by atoms with Crippen molar-refractivity contribution in [3.8, 4) is 0 Å². The van der Waals surface area contributed by atoms with Crippen LogP contribution in [0.5, 0.6) is 0 Å². The number of nitro groups is 1. The minimum absolute atomic E-state index is 0.0279. The number of nitrogens with one attached hydrogen (secondary N) is 1. The number of hydrogen-bond acceptors (Lipinski definition) is 8. The summed E-state index contributed by atoms with van der Waals surface area (Å²) >= 11 is 0. The third-order valence-electron chi connectivity index (χ3n) is 6.02. The number of aliphatic carboxylic acids is 1. The molecule has 190 valence electrons. The van der Waals surface area contributed by atoms with Crippen LogP contribution >= 0.6 is 0 Å². The molecule has 3 heterocycles. The summed E-state index contributed by atoms with van der Waals surface area (Å²) in [6.07, 6.45) is 5.69. The largest absolute Gasteiger partial charge is 0.481 e. The Labute approximate surface area is 211 Å². The first-order valence-electron chi connectivity index (χ1n) is 11.5. The molecule has 2 N–H and O–H groups in total. The highest BCUT2D eigenvalue weighted by atomic mass is 16.6. The fourth-order valence-corrected chi connectivity index (χ4v) is 4.15. The minimum Gasteiger partial charge on any atom is -0.481 e. The zero-order valence-corrected chi connectivity index (χ0v) is 19.7. The summed E-state index contributed by atoms with van der Waals surface area (Å²) < 4.78 is 0. The second-order valence-electron chi connectivity index (χ2n) is 8.39. The highest BCUT2D eigenvalue weighted by molar-refractivity contribution is 5.96. The van der Waals surface area contributed by atoms with Gasteiger partial charge in [0.15, 0.2) is 0 Å². The van der Waals surface area contributed by atoms with Gasteiger partial charge in [0.2, 0.25) is 0 Å². The van der Waals surface area contributed by atoms with Gasteiger partial charge in [0, 0.05) is 62.6 Å². The van der Waals surface area contributed by atoms with E-state index in [9.17, 15) is 29.6 Å². The normalized spacial score (nSPS) is 14.1. The Balaban J connectivity index is 1.48. The van der Waals surface area contributed by atoms with Crippen LogP contribution in [0.15, 0.2) is 67.3 Å². The standard InChI is InChI=1S/C25H24N6O6/c32-23(33)14-20(18-3-1-7-26-15-18)28-24(34)17-5-6-21(22(13-17)31(36)37)29-9-11-30(12-10-29)25(35)19-4-2-8-27-16-19/h1-8,13,15-16,20H,9-12,14H2,(H,28,34)(H,32,33). The average molecular weight is 505 g/mol. The molecule has 1 unspecified atom stereocenters. The van der Waals surface area contributed by atoms with Crippen molar-refractivity contribution in [2.24, 2.45) is 0 Å². The van der Waals surface area contributed by atoms with Crippen LogP contribution in [-0.2, 0) is 4.79 Å². The van der Waals surface area contributed by atoms with Gasteiger partial charge in [-0.05, 0) is 35.9 Å². The molecule has 12 nitrogen and oxygen atoms in total. The number of nitro benzene ring substituents is 1. The molecule has 0 bridgehead atoms. The van der Waals surface area contributed by atoms with E-state index < -0.39 is 22.8 Å². The second-order valence-corrected chi connectivity index (χ2v) is 8.39. The fourth-order valence-electron chi connectivity index (χ4n) is 4.15. The maximum absolute atomic E-state index is 12.9. The van der Waals surface area contributed by atoms with Gasteiger partial charge in [-0.25, -0.2) is 0 Å². The van der Waals surface area contributed by atoms with Crippen molar-refractivity contribution in [1.82, 2.24) is 20.2 Å². The van der Waals surface area contributed by atoms with Crippen molar-refractivity contribution in [1.29, 1.82) is 0 Å². The number of rotatable bonds is 8. The quantitative estimate of drug-likeness (QED) is 0.347. The van der Waals surface area contributed by atoms with E-state index >= 15 is 0 Å². The topological polar surface area (TPSA) is 159 Å². The van der Waals surface area contributed by atoms with Crippen molar-refractivity contribution >= 4 is 29.2 Å². The molecule has 3 aromatic rings. The van der Waals surface area contributed by atoms with Crippen LogP contribution < -0.4 is 10.2 Å². The van der Waals surface area contributed by atoms with Gasteiger partial charge < -0.3 is 20.2 Å². The van der Waals surface area contributed by atoms with E-state index in [1.165, 1.54) is 36.8 Å². The van der Waals surface area contributed by atoms with Crippen LogP contribution in [0, 0.1) is 10.1 Å². The third kappa shape index (κ3) is 6.04. The lowest BCUT2D eigenvalue weighted by Crippen LogP contribution is -2.49. The van der Waals surface area contributed by atoms with E-state index in [4.69, 9.17) is 0 Å². The molecule has 1 fully saturated rings. The predicted molar refractivity (Wildman–Crippen MR) is 132 cm³/mol. The average Bonchev–Trinajstić information content (AvgIpc) is 2.92. The van der Waals surface area contributed by atoms with E-state index in [1.807, 2.05) is 0 Å². The number of carboxylic acids is 1. The lowest BCUT2D eigenvalue weighted by molar-refractivity contribution is -0.384. The smallest absolute Gasteiger partial charge is 0.305 e. The summed E-state index contributed by atoms with van der Waals surface area (Å²) in [6.45, 7) is 1.49. The third-order valence-corrected chi connectivity index (χ3v) is 6.02. The molecule has 1 saturated heterocycles. The van der Waals surface area contributed by atoms with Crippen LogP contribution in [0.1, 0.15) is 38.7 Å². The minimum atomic E-state index is -1.11. The van der Waals surface area contributed by atoms with Crippen LogP contribution in [0.3, 0.4) is 0 Å². The number of carbonyl (C=O) groups excluding carboxylic acids is 2. The number of pyridine rings is 2. The van der Waals surface area contributed by atoms with Crippen LogP contribution in [-0.4, -0.2) is 68.9 Å². The number of anilines is 1. The van der Waals surface area contributed by atoms with E-state index in [2.05, 4.69) is 15.3 Å². The number of benzene rings is 1. The molecule has 37 heavy (non-hydrogen) atoms. The SMILES string of the molecule is O=C(O)CC(NC(=O)c1ccc(N2CCN(C(=O)c3cccnc3)CC2)c([N+](=O)[O-])c1)c1cccnc1. The first-order chi connectivity index (χ1) is 17.8. The van der Waals surface area contributed by atoms with Crippen molar-refractivity contribution in [2.45, 2.75) is 12.5 Å².